The molecular weight excluding hydrogens is 208 g/mol. The number of halogens is 1. The van der Waals surface area contributed by atoms with Crippen LogP contribution in [0, 0.1) is 0 Å². The van der Waals surface area contributed by atoms with Gasteiger partial charge in [-0.2, -0.15) is 0 Å². The summed E-state index contributed by atoms with van der Waals surface area (Å²) in [5.74, 6) is 0. The molecule has 15 heavy (non-hydrogen) atoms. The lowest BCUT2D eigenvalue weighted by Crippen LogP contribution is -2.39. The standard InChI is InChI=1S/C12H17ClN2/c13-11-3-1-2-10(8-11)9-15-12-4-6-14-7-5-12/h1-3,8,12,14-15H,4-7,9H2. The van der Waals surface area contributed by atoms with Crippen LogP contribution < -0.4 is 10.6 Å². The van der Waals surface area contributed by atoms with Gasteiger partial charge in [0.15, 0.2) is 0 Å². The summed E-state index contributed by atoms with van der Waals surface area (Å²) < 4.78 is 0. The van der Waals surface area contributed by atoms with Gasteiger partial charge in [-0.25, -0.2) is 0 Å². The Kier molecular flexibility index (Phi) is 4.01. The Bertz CT molecular complexity index is 308. The normalized spacial score (nSPS) is 17.9. The number of hydrogen-bond donors (Lipinski definition) is 2. The fraction of sp³-hybridized carbons (Fsp3) is 0.500. The van der Waals surface area contributed by atoms with Crippen molar-refractivity contribution in [3.63, 3.8) is 0 Å². The molecule has 0 aromatic heterocycles. The molecule has 0 radical (unpaired) electrons. The van der Waals surface area contributed by atoms with E-state index in [2.05, 4.69) is 16.7 Å². The summed E-state index contributed by atoms with van der Waals surface area (Å²) in [5, 5.41) is 7.75. The molecule has 0 spiro atoms. The van der Waals surface area contributed by atoms with E-state index in [1.807, 2.05) is 18.2 Å². The topological polar surface area (TPSA) is 24.1 Å². The first-order valence-corrected chi connectivity index (χ1v) is 5.91. The SMILES string of the molecule is Clc1cccc(CNC2CCNCC2)c1. The van der Waals surface area contributed by atoms with Gasteiger partial charge >= 0.3 is 0 Å². The maximum atomic E-state index is 5.93. The Morgan fingerprint density at radius 3 is 2.87 bits per heavy atom. The molecule has 0 bridgehead atoms. The van der Waals surface area contributed by atoms with Crippen molar-refractivity contribution in [2.75, 3.05) is 13.1 Å². The molecule has 1 fully saturated rings. The first-order chi connectivity index (χ1) is 7.34. The van der Waals surface area contributed by atoms with Crippen LogP contribution in [0.25, 0.3) is 0 Å². The van der Waals surface area contributed by atoms with Crippen molar-refractivity contribution < 1.29 is 0 Å². The number of hydrogen-bond acceptors (Lipinski definition) is 2. The molecule has 0 saturated carbocycles. The van der Waals surface area contributed by atoms with E-state index in [0.717, 1.165) is 24.7 Å². The van der Waals surface area contributed by atoms with E-state index < -0.39 is 0 Å². The third-order valence-electron chi connectivity index (χ3n) is 2.82. The molecule has 1 aliphatic heterocycles. The lowest BCUT2D eigenvalue weighted by atomic mass is 10.1. The van der Waals surface area contributed by atoms with Gasteiger partial charge in [-0.3, -0.25) is 0 Å². The minimum atomic E-state index is 0.658. The molecule has 1 aliphatic rings. The first kappa shape index (κ1) is 10.9. The molecule has 3 heteroatoms. The van der Waals surface area contributed by atoms with Gasteiger partial charge in [0.05, 0.1) is 0 Å². The Balaban J connectivity index is 1.81. The average molecular weight is 225 g/mol. The lowest BCUT2D eigenvalue weighted by molar-refractivity contribution is 0.386. The predicted octanol–water partition coefficient (Wildman–Crippen LogP) is 2.18. The van der Waals surface area contributed by atoms with Gasteiger partial charge in [-0.1, -0.05) is 23.7 Å². The zero-order valence-electron chi connectivity index (χ0n) is 8.80. The van der Waals surface area contributed by atoms with Crippen molar-refractivity contribution in [3.05, 3.63) is 34.9 Å². The highest BCUT2D eigenvalue weighted by molar-refractivity contribution is 6.30. The van der Waals surface area contributed by atoms with Gasteiger partial charge in [0.25, 0.3) is 0 Å². The molecule has 0 amide bonds. The van der Waals surface area contributed by atoms with Gasteiger partial charge < -0.3 is 10.6 Å². The molecule has 0 aliphatic carbocycles. The molecule has 2 rings (SSSR count). The van der Waals surface area contributed by atoms with E-state index >= 15 is 0 Å². The van der Waals surface area contributed by atoms with Crippen molar-refractivity contribution in [1.29, 1.82) is 0 Å². The zero-order valence-corrected chi connectivity index (χ0v) is 9.56. The summed E-state index contributed by atoms with van der Waals surface area (Å²) in [6.07, 6.45) is 2.45. The van der Waals surface area contributed by atoms with Gasteiger partial charge in [-0.15, -0.1) is 0 Å². The summed E-state index contributed by atoms with van der Waals surface area (Å²) in [4.78, 5) is 0. The average Bonchev–Trinajstić information content (AvgIpc) is 2.28. The number of nitrogens with one attached hydrogen (secondary N) is 2. The van der Waals surface area contributed by atoms with Gasteiger partial charge in [0.2, 0.25) is 0 Å². The fourth-order valence-electron chi connectivity index (χ4n) is 1.94. The molecule has 2 N–H and O–H groups in total. The Morgan fingerprint density at radius 1 is 1.33 bits per heavy atom. The Labute approximate surface area is 96.0 Å². The number of rotatable bonds is 3. The van der Waals surface area contributed by atoms with Gasteiger partial charge in [0.1, 0.15) is 0 Å². The monoisotopic (exact) mass is 224 g/mol. The Morgan fingerprint density at radius 2 is 2.13 bits per heavy atom. The van der Waals surface area contributed by atoms with Crippen molar-refractivity contribution in [3.8, 4) is 0 Å². The van der Waals surface area contributed by atoms with Crippen LogP contribution >= 0.6 is 11.6 Å². The summed E-state index contributed by atoms with van der Waals surface area (Å²) in [7, 11) is 0. The van der Waals surface area contributed by atoms with Crippen molar-refractivity contribution in [2.24, 2.45) is 0 Å². The van der Waals surface area contributed by atoms with E-state index in [1.165, 1.54) is 18.4 Å². The van der Waals surface area contributed by atoms with E-state index in [0.29, 0.717) is 6.04 Å². The van der Waals surface area contributed by atoms with E-state index in [-0.39, 0.29) is 0 Å². The second-order valence-electron chi connectivity index (χ2n) is 4.04. The summed E-state index contributed by atoms with van der Waals surface area (Å²) in [6, 6.07) is 8.71. The van der Waals surface area contributed by atoms with Crippen molar-refractivity contribution >= 4 is 11.6 Å². The lowest BCUT2D eigenvalue weighted by Gasteiger charge is -2.23. The highest BCUT2D eigenvalue weighted by atomic mass is 35.5. The largest absolute Gasteiger partial charge is 0.317 e. The van der Waals surface area contributed by atoms with Crippen LogP contribution in [-0.4, -0.2) is 19.1 Å². The molecule has 1 aromatic carbocycles. The maximum Gasteiger partial charge on any atom is 0.0409 e. The van der Waals surface area contributed by atoms with Gasteiger partial charge in [0, 0.05) is 17.6 Å². The molecule has 0 atom stereocenters. The molecule has 0 unspecified atom stereocenters. The number of piperidine rings is 1. The minimum Gasteiger partial charge on any atom is -0.317 e. The number of benzene rings is 1. The molecule has 1 heterocycles. The van der Waals surface area contributed by atoms with Crippen LogP contribution in [0.15, 0.2) is 24.3 Å². The van der Waals surface area contributed by atoms with E-state index in [9.17, 15) is 0 Å². The minimum absolute atomic E-state index is 0.658. The first-order valence-electron chi connectivity index (χ1n) is 5.53. The molecule has 1 aromatic rings. The maximum absolute atomic E-state index is 5.93. The van der Waals surface area contributed by atoms with Crippen LogP contribution in [0.2, 0.25) is 5.02 Å². The fourth-order valence-corrected chi connectivity index (χ4v) is 2.15. The zero-order chi connectivity index (χ0) is 10.5. The highest BCUT2D eigenvalue weighted by Gasteiger charge is 2.11. The summed E-state index contributed by atoms with van der Waals surface area (Å²) in [6.45, 7) is 3.19. The van der Waals surface area contributed by atoms with E-state index in [4.69, 9.17) is 11.6 Å². The van der Waals surface area contributed by atoms with Crippen LogP contribution in [0.5, 0.6) is 0 Å². The Hall–Kier alpha value is -0.570. The smallest absolute Gasteiger partial charge is 0.0409 e. The molecule has 2 nitrogen and oxygen atoms in total. The quantitative estimate of drug-likeness (QED) is 0.823. The summed E-state index contributed by atoms with van der Waals surface area (Å²) >= 11 is 5.93. The second kappa shape index (κ2) is 5.50. The third kappa shape index (κ3) is 3.49. The molecule has 82 valence electrons. The van der Waals surface area contributed by atoms with Crippen LogP contribution in [-0.2, 0) is 6.54 Å². The van der Waals surface area contributed by atoms with E-state index in [1.54, 1.807) is 0 Å². The molecular formula is C12H17ClN2. The van der Waals surface area contributed by atoms with Crippen LogP contribution in [0.1, 0.15) is 18.4 Å². The van der Waals surface area contributed by atoms with Gasteiger partial charge in [-0.05, 0) is 43.6 Å². The highest BCUT2D eigenvalue weighted by Crippen LogP contribution is 2.11. The van der Waals surface area contributed by atoms with Crippen LogP contribution in [0.3, 0.4) is 0 Å². The predicted molar refractivity (Wildman–Crippen MR) is 64.2 cm³/mol. The second-order valence-corrected chi connectivity index (χ2v) is 4.47. The van der Waals surface area contributed by atoms with Crippen molar-refractivity contribution in [2.45, 2.75) is 25.4 Å². The van der Waals surface area contributed by atoms with Crippen molar-refractivity contribution in [1.82, 2.24) is 10.6 Å². The van der Waals surface area contributed by atoms with Crippen LogP contribution in [0.4, 0.5) is 0 Å². The molecule has 1 saturated heterocycles. The summed E-state index contributed by atoms with van der Waals surface area (Å²) in [5.41, 5.74) is 1.26. The third-order valence-corrected chi connectivity index (χ3v) is 3.06.